The van der Waals surface area contributed by atoms with Crippen molar-refractivity contribution in [2.45, 2.75) is 17.4 Å². The molecule has 1 aromatic carbocycles. The SMILES string of the molecule is CC1(NS(=O)(=O)c2ccc(Br)cc2)CN(C(=O)O)C1. The maximum Gasteiger partial charge on any atom is 0.407 e. The van der Waals surface area contributed by atoms with Gasteiger partial charge in [-0.15, -0.1) is 0 Å². The molecule has 2 rings (SSSR count). The molecule has 0 saturated carbocycles. The number of nitrogens with one attached hydrogen (secondary N) is 1. The fraction of sp³-hybridized carbons (Fsp3) is 0.364. The lowest BCUT2D eigenvalue weighted by Gasteiger charge is -2.46. The molecule has 0 aromatic heterocycles. The molecular weight excluding hydrogens is 336 g/mol. The summed E-state index contributed by atoms with van der Waals surface area (Å²) in [5, 5.41) is 8.75. The van der Waals surface area contributed by atoms with Crippen molar-refractivity contribution < 1.29 is 18.3 Å². The summed E-state index contributed by atoms with van der Waals surface area (Å²) in [6.45, 7) is 1.99. The maximum absolute atomic E-state index is 12.1. The normalized spacial score (nSPS) is 17.9. The fourth-order valence-corrected chi connectivity index (χ4v) is 3.65. The predicted molar refractivity (Wildman–Crippen MR) is 72.5 cm³/mol. The third-order valence-electron chi connectivity index (χ3n) is 2.85. The highest BCUT2D eigenvalue weighted by molar-refractivity contribution is 9.10. The topological polar surface area (TPSA) is 86.7 Å². The standard InChI is InChI=1S/C11H13BrN2O4S/c1-11(6-14(7-11)10(15)16)13-19(17,18)9-4-2-8(12)3-5-9/h2-5,13H,6-7H2,1H3,(H,15,16). The van der Waals surface area contributed by atoms with Crippen molar-refractivity contribution in [1.29, 1.82) is 0 Å². The summed E-state index contributed by atoms with van der Waals surface area (Å²) in [6, 6.07) is 6.26. The zero-order chi connectivity index (χ0) is 14.3. The third-order valence-corrected chi connectivity index (χ3v) is 5.04. The van der Waals surface area contributed by atoms with Gasteiger partial charge in [0.2, 0.25) is 10.0 Å². The van der Waals surface area contributed by atoms with Gasteiger partial charge in [-0.05, 0) is 31.2 Å². The number of nitrogens with zero attached hydrogens (tertiary/aromatic N) is 1. The molecule has 1 heterocycles. The molecule has 8 heteroatoms. The minimum Gasteiger partial charge on any atom is -0.465 e. The number of carboxylic acid groups (broad SMARTS) is 1. The van der Waals surface area contributed by atoms with Crippen LogP contribution in [0.25, 0.3) is 0 Å². The van der Waals surface area contributed by atoms with Gasteiger partial charge in [0.15, 0.2) is 0 Å². The number of benzene rings is 1. The van der Waals surface area contributed by atoms with E-state index in [0.717, 1.165) is 9.37 Å². The number of amides is 1. The van der Waals surface area contributed by atoms with Crippen molar-refractivity contribution in [2.24, 2.45) is 0 Å². The summed E-state index contributed by atoms with van der Waals surface area (Å²) in [6.07, 6.45) is -1.04. The molecule has 1 aromatic rings. The van der Waals surface area contributed by atoms with Gasteiger partial charge in [-0.3, -0.25) is 0 Å². The Kier molecular flexibility index (Phi) is 3.59. The highest BCUT2D eigenvalue weighted by atomic mass is 79.9. The van der Waals surface area contributed by atoms with Crippen LogP contribution in [-0.4, -0.2) is 43.1 Å². The Bertz CT molecular complexity index is 594. The second-order valence-corrected chi connectivity index (χ2v) is 7.36. The summed E-state index contributed by atoms with van der Waals surface area (Å²) in [5.41, 5.74) is -0.746. The highest BCUT2D eigenvalue weighted by Gasteiger charge is 2.44. The molecule has 6 nitrogen and oxygen atoms in total. The average Bonchev–Trinajstić information content (AvgIpc) is 2.25. The zero-order valence-corrected chi connectivity index (χ0v) is 12.5. The number of halogens is 1. The summed E-state index contributed by atoms with van der Waals surface area (Å²) in [7, 11) is -3.64. The molecule has 1 fully saturated rings. The van der Waals surface area contributed by atoms with Crippen molar-refractivity contribution in [3.05, 3.63) is 28.7 Å². The van der Waals surface area contributed by atoms with Gasteiger partial charge in [-0.2, -0.15) is 0 Å². The number of rotatable bonds is 3. The Hall–Kier alpha value is -1.12. The second-order valence-electron chi connectivity index (χ2n) is 4.76. The van der Waals surface area contributed by atoms with Crippen LogP contribution >= 0.6 is 15.9 Å². The lowest BCUT2D eigenvalue weighted by molar-refractivity contribution is 0.0641. The lowest BCUT2D eigenvalue weighted by Crippen LogP contribution is -2.69. The molecule has 19 heavy (non-hydrogen) atoms. The van der Waals surface area contributed by atoms with E-state index in [9.17, 15) is 13.2 Å². The van der Waals surface area contributed by atoms with Gasteiger partial charge < -0.3 is 10.0 Å². The largest absolute Gasteiger partial charge is 0.465 e. The first kappa shape index (κ1) is 14.3. The first-order valence-electron chi connectivity index (χ1n) is 5.49. The Morgan fingerprint density at radius 3 is 2.37 bits per heavy atom. The van der Waals surface area contributed by atoms with E-state index in [1.807, 2.05) is 0 Å². The molecule has 0 bridgehead atoms. The monoisotopic (exact) mass is 348 g/mol. The highest BCUT2D eigenvalue weighted by Crippen LogP contribution is 2.23. The van der Waals surface area contributed by atoms with Crippen LogP contribution < -0.4 is 4.72 Å². The fourth-order valence-electron chi connectivity index (χ4n) is 1.99. The van der Waals surface area contributed by atoms with E-state index < -0.39 is 21.7 Å². The quantitative estimate of drug-likeness (QED) is 0.866. The molecule has 0 spiro atoms. The van der Waals surface area contributed by atoms with Crippen molar-refractivity contribution in [2.75, 3.05) is 13.1 Å². The van der Waals surface area contributed by atoms with Gasteiger partial charge in [-0.25, -0.2) is 17.9 Å². The van der Waals surface area contributed by atoms with Crippen molar-refractivity contribution in [1.82, 2.24) is 9.62 Å². The van der Waals surface area contributed by atoms with E-state index in [1.165, 1.54) is 12.1 Å². The average molecular weight is 349 g/mol. The van der Waals surface area contributed by atoms with E-state index in [1.54, 1.807) is 19.1 Å². The van der Waals surface area contributed by atoms with Crippen LogP contribution in [0.4, 0.5) is 4.79 Å². The summed E-state index contributed by atoms with van der Waals surface area (Å²) in [5.74, 6) is 0. The minimum atomic E-state index is -3.64. The number of carbonyl (C=O) groups is 1. The summed E-state index contributed by atoms with van der Waals surface area (Å²) < 4.78 is 27.6. The number of hydrogen-bond donors (Lipinski definition) is 2. The van der Waals surface area contributed by atoms with Crippen LogP contribution in [0.2, 0.25) is 0 Å². The number of hydrogen-bond acceptors (Lipinski definition) is 3. The molecule has 104 valence electrons. The number of likely N-dealkylation sites (tertiary alicyclic amines) is 1. The molecule has 1 aliphatic heterocycles. The van der Waals surface area contributed by atoms with E-state index in [2.05, 4.69) is 20.7 Å². The van der Waals surface area contributed by atoms with Crippen molar-refractivity contribution in [3.63, 3.8) is 0 Å². The lowest BCUT2D eigenvalue weighted by atomic mass is 9.95. The molecule has 0 radical (unpaired) electrons. The Labute approximate surface area is 119 Å². The summed E-state index contributed by atoms with van der Waals surface area (Å²) in [4.78, 5) is 12.0. The third kappa shape index (κ3) is 3.07. The van der Waals surface area contributed by atoms with Crippen LogP contribution in [0.1, 0.15) is 6.92 Å². The first-order chi connectivity index (χ1) is 8.72. The molecular formula is C11H13BrN2O4S. The van der Waals surface area contributed by atoms with E-state index in [4.69, 9.17) is 5.11 Å². The molecule has 0 unspecified atom stereocenters. The van der Waals surface area contributed by atoms with E-state index in [-0.39, 0.29) is 18.0 Å². The zero-order valence-electron chi connectivity index (χ0n) is 10.1. The second kappa shape index (κ2) is 4.77. The molecule has 0 atom stereocenters. The molecule has 1 saturated heterocycles. The first-order valence-corrected chi connectivity index (χ1v) is 7.77. The van der Waals surface area contributed by atoms with Gasteiger partial charge in [0.25, 0.3) is 0 Å². The van der Waals surface area contributed by atoms with Gasteiger partial charge in [0.05, 0.1) is 10.4 Å². The van der Waals surface area contributed by atoms with Crippen molar-refractivity contribution >= 4 is 32.0 Å². The Morgan fingerprint density at radius 1 is 1.37 bits per heavy atom. The molecule has 1 amide bonds. The van der Waals surface area contributed by atoms with Gasteiger partial charge in [0, 0.05) is 17.6 Å². The van der Waals surface area contributed by atoms with E-state index >= 15 is 0 Å². The van der Waals surface area contributed by atoms with Crippen LogP contribution in [-0.2, 0) is 10.0 Å². The molecule has 0 aliphatic carbocycles. The van der Waals surface area contributed by atoms with Gasteiger partial charge in [-0.1, -0.05) is 15.9 Å². The van der Waals surface area contributed by atoms with Crippen LogP contribution in [0.15, 0.2) is 33.6 Å². The van der Waals surface area contributed by atoms with Gasteiger partial charge >= 0.3 is 6.09 Å². The van der Waals surface area contributed by atoms with Crippen LogP contribution in [0.3, 0.4) is 0 Å². The molecule has 2 N–H and O–H groups in total. The van der Waals surface area contributed by atoms with Crippen LogP contribution in [0.5, 0.6) is 0 Å². The van der Waals surface area contributed by atoms with Crippen LogP contribution in [0, 0.1) is 0 Å². The Morgan fingerprint density at radius 2 is 1.89 bits per heavy atom. The maximum atomic E-state index is 12.1. The minimum absolute atomic E-state index is 0.151. The van der Waals surface area contributed by atoms with Crippen molar-refractivity contribution in [3.8, 4) is 0 Å². The Balaban J connectivity index is 2.11. The molecule has 1 aliphatic rings. The van der Waals surface area contributed by atoms with E-state index in [0.29, 0.717) is 0 Å². The smallest absolute Gasteiger partial charge is 0.407 e. The summed E-state index contributed by atoms with van der Waals surface area (Å²) >= 11 is 3.24. The predicted octanol–water partition coefficient (Wildman–Crippen LogP) is 1.48. The van der Waals surface area contributed by atoms with Gasteiger partial charge in [0.1, 0.15) is 0 Å². The number of sulfonamides is 1.